The maximum Gasteiger partial charge on any atom is 0.185 e. The third-order valence-electron chi connectivity index (χ3n) is 1.97. The Balaban J connectivity index is 2.99. The van der Waals surface area contributed by atoms with Gasteiger partial charge in [-0.3, -0.25) is 4.79 Å². The quantitative estimate of drug-likeness (QED) is 0.538. The summed E-state index contributed by atoms with van der Waals surface area (Å²) in [5, 5.41) is 0. The highest BCUT2D eigenvalue weighted by molar-refractivity contribution is 6.05. The third-order valence-corrected chi connectivity index (χ3v) is 1.97. The van der Waals surface area contributed by atoms with Crippen molar-refractivity contribution in [3.8, 4) is 0 Å². The van der Waals surface area contributed by atoms with Gasteiger partial charge >= 0.3 is 0 Å². The minimum atomic E-state index is 0.0520. The van der Waals surface area contributed by atoms with Gasteiger partial charge < -0.3 is 4.90 Å². The fraction of sp³-hybridized carbons (Fsp3) is 0.250. The van der Waals surface area contributed by atoms with Crippen LogP contribution in [0.1, 0.15) is 17.3 Å². The molecule has 0 bridgehead atoms. The second-order valence-electron chi connectivity index (χ2n) is 3.31. The van der Waals surface area contributed by atoms with Gasteiger partial charge in [0.15, 0.2) is 5.78 Å². The molecule has 0 unspecified atom stereocenters. The van der Waals surface area contributed by atoms with Crippen LogP contribution < -0.4 is 4.90 Å². The van der Waals surface area contributed by atoms with E-state index in [0.717, 1.165) is 11.3 Å². The Labute approximate surface area is 84.9 Å². The highest BCUT2D eigenvalue weighted by atomic mass is 16.1. The molecule has 0 aliphatic carbocycles. The molecular formula is C12H15NO. The van der Waals surface area contributed by atoms with E-state index >= 15 is 0 Å². The Morgan fingerprint density at radius 1 is 1.36 bits per heavy atom. The maximum absolute atomic E-state index is 11.5. The number of carbonyl (C=O) groups is 1. The summed E-state index contributed by atoms with van der Waals surface area (Å²) in [7, 11) is 3.92. The molecule has 0 aromatic heterocycles. The monoisotopic (exact) mass is 189 g/mol. The van der Waals surface area contributed by atoms with Gasteiger partial charge in [0, 0.05) is 25.3 Å². The minimum Gasteiger partial charge on any atom is -0.378 e. The smallest absolute Gasteiger partial charge is 0.185 e. The third kappa shape index (κ3) is 2.46. The Hall–Kier alpha value is -1.57. The van der Waals surface area contributed by atoms with Crippen molar-refractivity contribution in [1.82, 2.24) is 0 Å². The molecule has 2 nitrogen and oxygen atoms in total. The average Bonchev–Trinajstić information content (AvgIpc) is 2.18. The number of nitrogens with zero attached hydrogens (tertiary/aromatic N) is 1. The van der Waals surface area contributed by atoms with E-state index < -0.39 is 0 Å². The van der Waals surface area contributed by atoms with Crippen molar-refractivity contribution in [3.05, 3.63) is 42.0 Å². The normalized spacial score (nSPS) is 10.5. The van der Waals surface area contributed by atoms with Crippen molar-refractivity contribution in [1.29, 1.82) is 0 Å². The van der Waals surface area contributed by atoms with Crippen molar-refractivity contribution in [2.75, 3.05) is 19.0 Å². The molecule has 0 atom stereocenters. The summed E-state index contributed by atoms with van der Waals surface area (Å²) >= 11 is 0. The summed E-state index contributed by atoms with van der Waals surface area (Å²) in [6.45, 7) is 1.84. The van der Waals surface area contributed by atoms with Crippen LogP contribution in [0.15, 0.2) is 36.4 Å². The van der Waals surface area contributed by atoms with Gasteiger partial charge in [-0.1, -0.05) is 18.2 Å². The molecule has 0 N–H and O–H groups in total. The zero-order valence-electron chi connectivity index (χ0n) is 8.82. The number of ketones is 1. The Morgan fingerprint density at radius 2 is 2.07 bits per heavy atom. The van der Waals surface area contributed by atoms with E-state index in [-0.39, 0.29) is 5.78 Å². The van der Waals surface area contributed by atoms with Crippen molar-refractivity contribution in [2.45, 2.75) is 6.92 Å². The number of carbonyl (C=O) groups excluding carboxylic acids is 1. The first-order chi connectivity index (χ1) is 6.65. The van der Waals surface area contributed by atoms with Crippen molar-refractivity contribution < 1.29 is 4.79 Å². The SMILES string of the molecule is C/C=C/C(=O)c1cccc(N(C)C)c1. The molecule has 0 heterocycles. The van der Waals surface area contributed by atoms with Crippen molar-refractivity contribution >= 4 is 11.5 Å². The Bertz CT molecular complexity index is 353. The van der Waals surface area contributed by atoms with Crippen molar-refractivity contribution in [2.24, 2.45) is 0 Å². The molecule has 0 saturated carbocycles. The summed E-state index contributed by atoms with van der Waals surface area (Å²) in [4.78, 5) is 13.5. The Kier molecular flexibility index (Phi) is 3.46. The van der Waals surface area contributed by atoms with Gasteiger partial charge in [-0.05, 0) is 25.1 Å². The van der Waals surface area contributed by atoms with Gasteiger partial charge in [0.25, 0.3) is 0 Å². The fourth-order valence-electron chi connectivity index (χ4n) is 1.18. The summed E-state index contributed by atoms with van der Waals surface area (Å²) in [5.74, 6) is 0.0520. The van der Waals surface area contributed by atoms with E-state index in [9.17, 15) is 4.79 Å². The number of benzene rings is 1. The largest absolute Gasteiger partial charge is 0.378 e. The molecule has 1 rings (SSSR count). The van der Waals surface area contributed by atoms with Crippen LogP contribution in [-0.2, 0) is 0 Å². The molecule has 0 fully saturated rings. The van der Waals surface area contributed by atoms with Gasteiger partial charge in [-0.25, -0.2) is 0 Å². The maximum atomic E-state index is 11.5. The van der Waals surface area contributed by atoms with Crippen LogP contribution in [0.2, 0.25) is 0 Å². The standard InChI is InChI=1S/C12H15NO/c1-4-6-12(14)10-7-5-8-11(9-10)13(2)3/h4-9H,1-3H3/b6-4+. The molecule has 0 aliphatic rings. The molecule has 0 saturated heterocycles. The minimum absolute atomic E-state index is 0.0520. The van der Waals surface area contributed by atoms with E-state index in [1.807, 2.05) is 50.2 Å². The molecule has 0 spiro atoms. The van der Waals surface area contributed by atoms with Crippen LogP contribution >= 0.6 is 0 Å². The number of hydrogen-bond donors (Lipinski definition) is 0. The summed E-state index contributed by atoms with van der Waals surface area (Å²) in [6.07, 6.45) is 3.33. The van der Waals surface area contributed by atoms with Crippen LogP contribution in [0.5, 0.6) is 0 Å². The molecule has 0 aliphatic heterocycles. The average molecular weight is 189 g/mol. The fourth-order valence-corrected chi connectivity index (χ4v) is 1.18. The van der Waals surface area contributed by atoms with Gasteiger partial charge in [-0.2, -0.15) is 0 Å². The first kappa shape index (κ1) is 10.5. The second kappa shape index (κ2) is 4.61. The zero-order chi connectivity index (χ0) is 10.6. The van der Waals surface area contributed by atoms with Gasteiger partial charge in [0.1, 0.15) is 0 Å². The molecule has 0 amide bonds. The molecule has 2 heteroatoms. The second-order valence-corrected chi connectivity index (χ2v) is 3.31. The summed E-state index contributed by atoms with van der Waals surface area (Å²) < 4.78 is 0. The van der Waals surface area contributed by atoms with Crippen LogP contribution in [-0.4, -0.2) is 19.9 Å². The highest BCUT2D eigenvalue weighted by Gasteiger charge is 2.02. The van der Waals surface area contributed by atoms with E-state index in [4.69, 9.17) is 0 Å². The number of rotatable bonds is 3. The van der Waals surface area contributed by atoms with Crippen LogP contribution in [0.4, 0.5) is 5.69 Å². The zero-order valence-corrected chi connectivity index (χ0v) is 8.82. The van der Waals surface area contributed by atoms with Crippen LogP contribution in [0.3, 0.4) is 0 Å². The van der Waals surface area contributed by atoms with Gasteiger partial charge in [0.05, 0.1) is 0 Å². The molecule has 74 valence electrons. The molecular weight excluding hydrogens is 174 g/mol. The summed E-state index contributed by atoms with van der Waals surface area (Å²) in [6, 6.07) is 7.59. The highest BCUT2D eigenvalue weighted by Crippen LogP contribution is 2.13. The predicted molar refractivity (Wildman–Crippen MR) is 59.9 cm³/mol. The number of anilines is 1. The lowest BCUT2D eigenvalue weighted by Crippen LogP contribution is -2.09. The van der Waals surface area contributed by atoms with Crippen molar-refractivity contribution in [3.63, 3.8) is 0 Å². The van der Waals surface area contributed by atoms with Crippen LogP contribution in [0.25, 0.3) is 0 Å². The van der Waals surface area contributed by atoms with Gasteiger partial charge in [-0.15, -0.1) is 0 Å². The Morgan fingerprint density at radius 3 is 2.64 bits per heavy atom. The molecule has 1 aromatic rings. The lowest BCUT2D eigenvalue weighted by Gasteiger charge is -2.12. The van der Waals surface area contributed by atoms with E-state index in [1.54, 1.807) is 12.2 Å². The van der Waals surface area contributed by atoms with Gasteiger partial charge in [0.2, 0.25) is 0 Å². The van der Waals surface area contributed by atoms with Crippen LogP contribution in [0, 0.1) is 0 Å². The summed E-state index contributed by atoms with van der Waals surface area (Å²) in [5.41, 5.74) is 1.77. The van der Waals surface area contributed by atoms with E-state index in [0.29, 0.717) is 0 Å². The first-order valence-corrected chi connectivity index (χ1v) is 4.59. The lowest BCUT2D eigenvalue weighted by atomic mass is 10.1. The molecule has 1 aromatic carbocycles. The molecule has 0 radical (unpaired) electrons. The van der Waals surface area contributed by atoms with E-state index in [1.165, 1.54) is 0 Å². The lowest BCUT2D eigenvalue weighted by molar-refractivity contribution is 0.104. The molecule has 14 heavy (non-hydrogen) atoms. The topological polar surface area (TPSA) is 20.3 Å². The first-order valence-electron chi connectivity index (χ1n) is 4.59. The number of hydrogen-bond acceptors (Lipinski definition) is 2. The number of allylic oxidation sites excluding steroid dienone is 2. The predicted octanol–water partition coefficient (Wildman–Crippen LogP) is 2.51. The van der Waals surface area contributed by atoms with E-state index in [2.05, 4.69) is 0 Å².